The van der Waals surface area contributed by atoms with Crippen LogP contribution in [0.2, 0.25) is 0 Å². The fourth-order valence-electron chi connectivity index (χ4n) is 3.83. The van der Waals surface area contributed by atoms with Crippen LogP contribution in [0, 0.1) is 5.92 Å². The lowest BCUT2D eigenvalue weighted by Crippen LogP contribution is -2.44. The Bertz CT molecular complexity index is 543. The fourth-order valence-corrected chi connectivity index (χ4v) is 3.83. The number of nitrogens with zero attached hydrogens (tertiary/aromatic N) is 1. The summed E-state index contributed by atoms with van der Waals surface area (Å²) in [5, 5.41) is 6.18. The lowest BCUT2D eigenvalue weighted by atomic mass is 9.96. The number of hydrogen-bond acceptors (Lipinski definition) is 3. The molecule has 1 aromatic carbocycles. The summed E-state index contributed by atoms with van der Waals surface area (Å²) >= 11 is 0. The Morgan fingerprint density at radius 1 is 1.21 bits per heavy atom. The summed E-state index contributed by atoms with van der Waals surface area (Å²) in [6.07, 6.45) is 7.13. The zero-order chi connectivity index (χ0) is 16.8. The van der Waals surface area contributed by atoms with Gasteiger partial charge in [0.15, 0.2) is 0 Å². The summed E-state index contributed by atoms with van der Waals surface area (Å²) in [4.78, 5) is 14.4. The van der Waals surface area contributed by atoms with Crippen LogP contribution < -0.4 is 20.3 Å². The molecule has 1 saturated heterocycles. The van der Waals surface area contributed by atoms with Crippen molar-refractivity contribution in [3.05, 3.63) is 24.3 Å². The first-order valence-electron chi connectivity index (χ1n) is 9.18. The molecule has 1 aliphatic heterocycles. The van der Waals surface area contributed by atoms with Crippen molar-refractivity contribution >= 4 is 11.7 Å². The second kappa shape index (κ2) is 8.27. The molecule has 132 valence electrons. The van der Waals surface area contributed by atoms with Crippen molar-refractivity contribution < 1.29 is 9.53 Å². The van der Waals surface area contributed by atoms with Gasteiger partial charge in [0.1, 0.15) is 5.75 Å². The lowest BCUT2D eigenvalue weighted by molar-refractivity contribution is 0.231. The van der Waals surface area contributed by atoms with Crippen molar-refractivity contribution in [3.63, 3.8) is 0 Å². The number of anilines is 1. The number of ether oxygens (including phenoxy) is 1. The number of carbonyl (C=O) groups is 1. The Hall–Kier alpha value is -1.91. The molecule has 3 rings (SSSR count). The van der Waals surface area contributed by atoms with E-state index < -0.39 is 0 Å². The Morgan fingerprint density at radius 2 is 2.00 bits per heavy atom. The lowest BCUT2D eigenvalue weighted by Gasteiger charge is -2.23. The maximum Gasteiger partial charge on any atom is 0.315 e. The summed E-state index contributed by atoms with van der Waals surface area (Å²) in [5.41, 5.74) is 1.15. The van der Waals surface area contributed by atoms with E-state index in [0.29, 0.717) is 12.0 Å². The molecule has 0 aromatic heterocycles. The van der Waals surface area contributed by atoms with Crippen molar-refractivity contribution in [2.45, 2.75) is 44.6 Å². The third-order valence-corrected chi connectivity index (χ3v) is 5.20. The van der Waals surface area contributed by atoms with Crippen LogP contribution >= 0.6 is 0 Å². The highest BCUT2D eigenvalue weighted by atomic mass is 16.5. The van der Waals surface area contributed by atoms with Crippen LogP contribution in [0.15, 0.2) is 24.3 Å². The molecule has 1 unspecified atom stereocenters. The zero-order valence-electron chi connectivity index (χ0n) is 14.6. The quantitative estimate of drug-likeness (QED) is 0.871. The van der Waals surface area contributed by atoms with E-state index in [9.17, 15) is 4.79 Å². The Labute approximate surface area is 144 Å². The minimum atomic E-state index is -0.00218. The summed E-state index contributed by atoms with van der Waals surface area (Å²) in [6.45, 7) is 2.71. The van der Waals surface area contributed by atoms with Crippen LogP contribution in [0.3, 0.4) is 0 Å². The fraction of sp³-hybridized carbons (Fsp3) is 0.632. The minimum Gasteiger partial charge on any atom is -0.495 e. The summed E-state index contributed by atoms with van der Waals surface area (Å²) < 4.78 is 5.45. The van der Waals surface area contributed by atoms with E-state index in [0.717, 1.165) is 50.3 Å². The van der Waals surface area contributed by atoms with Gasteiger partial charge < -0.3 is 20.3 Å². The number of para-hydroxylation sites is 2. The van der Waals surface area contributed by atoms with Crippen molar-refractivity contribution in [1.82, 2.24) is 10.6 Å². The van der Waals surface area contributed by atoms with Crippen LogP contribution in [0.1, 0.15) is 38.5 Å². The number of benzene rings is 1. The van der Waals surface area contributed by atoms with E-state index in [4.69, 9.17) is 4.74 Å². The van der Waals surface area contributed by atoms with E-state index >= 15 is 0 Å². The van der Waals surface area contributed by atoms with Crippen LogP contribution in [0.4, 0.5) is 10.5 Å². The third kappa shape index (κ3) is 4.34. The maximum atomic E-state index is 12.1. The Kier molecular flexibility index (Phi) is 5.83. The predicted molar refractivity (Wildman–Crippen MR) is 96.7 cm³/mol. The van der Waals surface area contributed by atoms with E-state index in [-0.39, 0.29) is 6.03 Å². The van der Waals surface area contributed by atoms with E-state index in [1.807, 2.05) is 18.2 Å². The van der Waals surface area contributed by atoms with Gasteiger partial charge in [0.2, 0.25) is 0 Å². The summed E-state index contributed by atoms with van der Waals surface area (Å²) in [5.74, 6) is 1.41. The Balaban J connectivity index is 1.43. The minimum absolute atomic E-state index is 0.00218. The number of rotatable bonds is 5. The van der Waals surface area contributed by atoms with Gasteiger partial charge in [0.05, 0.1) is 12.8 Å². The van der Waals surface area contributed by atoms with Gasteiger partial charge in [-0.2, -0.15) is 0 Å². The van der Waals surface area contributed by atoms with Crippen LogP contribution in [0.5, 0.6) is 5.75 Å². The van der Waals surface area contributed by atoms with Gasteiger partial charge in [-0.3, -0.25) is 0 Å². The van der Waals surface area contributed by atoms with Crippen LogP contribution in [0.25, 0.3) is 0 Å². The summed E-state index contributed by atoms with van der Waals surface area (Å²) in [6, 6.07) is 8.50. The zero-order valence-corrected chi connectivity index (χ0v) is 14.6. The van der Waals surface area contributed by atoms with E-state index in [1.165, 1.54) is 19.3 Å². The number of methoxy groups -OCH3 is 1. The summed E-state index contributed by atoms with van der Waals surface area (Å²) in [7, 11) is 1.71. The smallest absolute Gasteiger partial charge is 0.315 e. The molecule has 1 aromatic rings. The average molecular weight is 331 g/mol. The molecule has 24 heavy (non-hydrogen) atoms. The number of amides is 2. The van der Waals surface area contributed by atoms with Crippen LogP contribution in [-0.4, -0.2) is 38.8 Å². The predicted octanol–water partition coefficient (Wildman–Crippen LogP) is 3.15. The van der Waals surface area contributed by atoms with E-state index in [1.54, 1.807) is 7.11 Å². The first-order valence-corrected chi connectivity index (χ1v) is 9.18. The molecule has 5 heteroatoms. The highest BCUT2D eigenvalue weighted by Gasteiger charge is 2.25. The SMILES string of the molecule is COc1ccccc1N1CCC(CNC(=O)NC2CCCCC2)C1. The Morgan fingerprint density at radius 3 is 2.79 bits per heavy atom. The molecule has 2 N–H and O–H groups in total. The van der Waals surface area contributed by atoms with Gasteiger partial charge >= 0.3 is 6.03 Å². The second-order valence-corrected chi connectivity index (χ2v) is 6.96. The largest absolute Gasteiger partial charge is 0.495 e. The molecule has 1 heterocycles. The molecule has 2 aliphatic rings. The first kappa shape index (κ1) is 16.9. The van der Waals surface area contributed by atoms with Crippen LogP contribution in [-0.2, 0) is 0 Å². The molecular weight excluding hydrogens is 302 g/mol. The van der Waals surface area contributed by atoms with E-state index in [2.05, 4.69) is 21.6 Å². The van der Waals surface area contributed by atoms with Gasteiger partial charge in [-0.1, -0.05) is 31.4 Å². The normalized spacial score (nSPS) is 21.5. The van der Waals surface area contributed by atoms with Gasteiger partial charge in [0.25, 0.3) is 0 Å². The first-order chi connectivity index (χ1) is 11.8. The standard InChI is InChI=1S/C19H29N3O2/c1-24-18-10-6-5-9-17(18)22-12-11-15(14-22)13-20-19(23)21-16-7-3-2-4-8-16/h5-6,9-10,15-16H,2-4,7-8,11-14H2,1H3,(H2,20,21,23). The molecule has 0 bridgehead atoms. The monoisotopic (exact) mass is 331 g/mol. The van der Waals surface area contributed by atoms with Gasteiger partial charge in [-0.05, 0) is 37.3 Å². The number of hydrogen-bond donors (Lipinski definition) is 2. The van der Waals surface area contributed by atoms with Crippen molar-refractivity contribution in [2.75, 3.05) is 31.6 Å². The van der Waals surface area contributed by atoms with Gasteiger partial charge in [-0.15, -0.1) is 0 Å². The topological polar surface area (TPSA) is 53.6 Å². The molecule has 1 saturated carbocycles. The molecule has 2 amide bonds. The molecule has 2 fully saturated rings. The number of carbonyl (C=O) groups excluding carboxylic acids is 1. The van der Waals surface area contributed by atoms with Crippen molar-refractivity contribution in [1.29, 1.82) is 0 Å². The van der Waals surface area contributed by atoms with Gasteiger partial charge in [0, 0.05) is 25.7 Å². The molecular formula is C19H29N3O2. The molecule has 0 spiro atoms. The maximum absolute atomic E-state index is 12.1. The highest BCUT2D eigenvalue weighted by molar-refractivity contribution is 5.74. The second-order valence-electron chi connectivity index (χ2n) is 6.96. The molecule has 5 nitrogen and oxygen atoms in total. The number of urea groups is 1. The molecule has 0 radical (unpaired) electrons. The molecule has 1 atom stereocenters. The van der Waals surface area contributed by atoms with Crippen molar-refractivity contribution in [2.24, 2.45) is 5.92 Å². The molecule has 1 aliphatic carbocycles. The van der Waals surface area contributed by atoms with Gasteiger partial charge in [-0.25, -0.2) is 4.79 Å². The average Bonchev–Trinajstić information content (AvgIpc) is 3.09. The number of nitrogens with one attached hydrogen (secondary N) is 2. The third-order valence-electron chi connectivity index (χ3n) is 5.20. The van der Waals surface area contributed by atoms with Crippen molar-refractivity contribution in [3.8, 4) is 5.75 Å². The highest BCUT2D eigenvalue weighted by Crippen LogP contribution is 2.31.